The van der Waals surface area contributed by atoms with Gasteiger partial charge in [0.1, 0.15) is 12.7 Å². The number of aliphatic hydroxyl groups excluding tert-OH is 2. The highest BCUT2D eigenvalue weighted by Crippen LogP contribution is 2.30. The van der Waals surface area contributed by atoms with Crippen LogP contribution in [0, 0.1) is 0 Å². The molecule has 1 aromatic carbocycles. The Morgan fingerprint density at radius 1 is 1.16 bits per heavy atom. The van der Waals surface area contributed by atoms with E-state index in [9.17, 15) is 10.2 Å². The van der Waals surface area contributed by atoms with Gasteiger partial charge in [-0.15, -0.1) is 0 Å². The number of hydrogen-bond donors (Lipinski definition) is 3. The molecule has 3 rings (SSSR count). The zero-order chi connectivity index (χ0) is 22.9. The third-order valence-electron chi connectivity index (χ3n) is 6.48. The summed E-state index contributed by atoms with van der Waals surface area (Å²) in [6.07, 6.45) is 5.91. The normalized spacial score (nSPS) is 25.2. The highest BCUT2D eigenvalue weighted by atomic mass is 16.5. The van der Waals surface area contributed by atoms with Gasteiger partial charge in [-0.2, -0.15) is 0 Å². The third-order valence-corrected chi connectivity index (χ3v) is 6.48. The predicted octanol–water partition coefficient (Wildman–Crippen LogP) is 2.37. The van der Waals surface area contributed by atoms with Gasteiger partial charge < -0.3 is 29.7 Å². The van der Waals surface area contributed by atoms with Crippen molar-refractivity contribution in [2.24, 2.45) is 0 Å². The van der Waals surface area contributed by atoms with Crippen molar-refractivity contribution in [1.29, 1.82) is 0 Å². The summed E-state index contributed by atoms with van der Waals surface area (Å²) < 4.78 is 17.6. The van der Waals surface area contributed by atoms with Crippen LogP contribution in [0.25, 0.3) is 0 Å². The van der Waals surface area contributed by atoms with Crippen molar-refractivity contribution in [1.82, 2.24) is 10.2 Å². The Kier molecular flexibility index (Phi) is 10.1. The van der Waals surface area contributed by atoms with Crippen LogP contribution in [-0.4, -0.2) is 85.5 Å². The average Bonchev–Trinajstić information content (AvgIpc) is 3.23. The first-order chi connectivity index (χ1) is 15.5. The molecule has 7 heteroatoms. The van der Waals surface area contributed by atoms with Gasteiger partial charge in [0.15, 0.2) is 11.5 Å². The van der Waals surface area contributed by atoms with Crippen LogP contribution in [0.2, 0.25) is 0 Å². The molecule has 7 nitrogen and oxygen atoms in total. The van der Waals surface area contributed by atoms with Gasteiger partial charge >= 0.3 is 0 Å². The van der Waals surface area contributed by atoms with Gasteiger partial charge in [0.25, 0.3) is 0 Å². The minimum Gasteiger partial charge on any atom is -0.493 e. The molecule has 0 amide bonds. The quantitative estimate of drug-likeness (QED) is 0.451. The number of aliphatic hydroxyl groups is 2. The number of nitrogens with one attached hydrogen (secondary N) is 1. The van der Waals surface area contributed by atoms with Crippen LogP contribution >= 0.6 is 0 Å². The number of hydrogen-bond acceptors (Lipinski definition) is 7. The lowest BCUT2D eigenvalue weighted by Crippen LogP contribution is -2.46. The monoisotopic (exact) mass is 450 g/mol. The van der Waals surface area contributed by atoms with E-state index in [0.29, 0.717) is 36.7 Å². The molecule has 0 spiro atoms. The SMILES string of the molecule is COc1cc(CCO[C@@H]2CCCC[C@H]2N2CCC(O)C2)ccc1OC[C@@H](O)CNC(C)C. The molecular formula is C25H42N2O5. The second kappa shape index (κ2) is 12.8. The van der Waals surface area contributed by atoms with E-state index < -0.39 is 6.10 Å². The molecule has 1 saturated carbocycles. The minimum atomic E-state index is -0.574. The summed E-state index contributed by atoms with van der Waals surface area (Å²) in [4.78, 5) is 2.43. The van der Waals surface area contributed by atoms with Crippen molar-refractivity contribution in [3.05, 3.63) is 23.8 Å². The molecule has 4 atom stereocenters. The second-order valence-corrected chi connectivity index (χ2v) is 9.46. The molecule has 1 saturated heterocycles. The van der Waals surface area contributed by atoms with Crippen LogP contribution in [0.5, 0.6) is 11.5 Å². The smallest absolute Gasteiger partial charge is 0.161 e. The third kappa shape index (κ3) is 7.59. The summed E-state index contributed by atoms with van der Waals surface area (Å²) in [7, 11) is 1.64. The first kappa shape index (κ1) is 25.2. The average molecular weight is 451 g/mol. The Bertz CT molecular complexity index is 686. The lowest BCUT2D eigenvalue weighted by molar-refractivity contribution is -0.0316. The Labute approximate surface area is 193 Å². The van der Waals surface area contributed by atoms with Crippen LogP contribution < -0.4 is 14.8 Å². The molecule has 32 heavy (non-hydrogen) atoms. The Balaban J connectivity index is 1.47. The Morgan fingerprint density at radius 3 is 2.69 bits per heavy atom. The Hall–Kier alpha value is -1.38. The maximum Gasteiger partial charge on any atom is 0.161 e. The summed E-state index contributed by atoms with van der Waals surface area (Å²) in [6, 6.07) is 6.70. The van der Waals surface area contributed by atoms with E-state index in [1.54, 1.807) is 7.11 Å². The van der Waals surface area contributed by atoms with E-state index in [1.807, 2.05) is 32.0 Å². The first-order valence-corrected chi connectivity index (χ1v) is 12.2. The summed E-state index contributed by atoms with van der Waals surface area (Å²) in [5.41, 5.74) is 1.14. The van der Waals surface area contributed by atoms with E-state index in [-0.39, 0.29) is 18.8 Å². The van der Waals surface area contributed by atoms with Gasteiger partial charge in [0, 0.05) is 31.7 Å². The van der Waals surface area contributed by atoms with Gasteiger partial charge in [-0.3, -0.25) is 4.90 Å². The molecule has 2 aliphatic rings. The molecule has 0 bridgehead atoms. The molecule has 0 radical (unpaired) electrons. The van der Waals surface area contributed by atoms with Crippen molar-refractivity contribution in [2.75, 3.05) is 40.0 Å². The number of methoxy groups -OCH3 is 1. The van der Waals surface area contributed by atoms with Crippen molar-refractivity contribution < 1.29 is 24.4 Å². The maximum atomic E-state index is 10.1. The van der Waals surface area contributed by atoms with Crippen molar-refractivity contribution in [3.8, 4) is 11.5 Å². The number of ether oxygens (including phenoxy) is 3. The fourth-order valence-electron chi connectivity index (χ4n) is 4.69. The first-order valence-electron chi connectivity index (χ1n) is 12.2. The van der Waals surface area contributed by atoms with E-state index in [1.165, 1.54) is 12.8 Å². The van der Waals surface area contributed by atoms with E-state index in [2.05, 4.69) is 10.2 Å². The van der Waals surface area contributed by atoms with Gasteiger partial charge in [-0.1, -0.05) is 32.8 Å². The molecule has 1 aliphatic heterocycles. The van der Waals surface area contributed by atoms with Crippen LogP contribution in [-0.2, 0) is 11.2 Å². The van der Waals surface area contributed by atoms with E-state index in [0.717, 1.165) is 44.3 Å². The number of likely N-dealkylation sites (tertiary alicyclic amines) is 1. The second-order valence-electron chi connectivity index (χ2n) is 9.46. The standard InChI is InChI=1S/C25H42N2O5/c1-18(2)26-15-21(29)17-32-24-9-8-19(14-25(24)30-3)11-13-31-23-7-5-4-6-22(23)27-12-10-20(28)16-27/h8-9,14,18,20-23,26,28-29H,4-7,10-13,15-17H2,1-3H3/t20?,21-,22+,23+/m0/s1. The zero-order valence-corrected chi connectivity index (χ0v) is 20.0. The lowest BCUT2D eigenvalue weighted by Gasteiger charge is -2.37. The number of rotatable bonds is 12. The molecule has 3 N–H and O–H groups in total. The van der Waals surface area contributed by atoms with Crippen LogP contribution in [0.3, 0.4) is 0 Å². The molecule has 1 aromatic rings. The van der Waals surface area contributed by atoms with Gasteiger partial charge in [-0.05, 0) is 43.4 Å². The minimum absolute atomic E-state index is 0.182. The molecule has 1 heterocycles. The molecule has 2 fully saturated rings. The summed E-state index contributed by atoms with van der Waals surface area (Å²) in [5.74, 6) is 1.31. The van der Waals surface area contributed by atoms with Crippen molar-refractivity contribution in [3.63, 3.8) is 0 Å². The lowest BCUT2D eigenvalue weighted by atomic mass is 9.91. The predicted molar refractivity (Wildman–Crippen MR) is 126 cm³/mol. The van der Waals surface area contributed by atoms with Gasteiger partial charge in [0.2, 0.25) is 0 Å². The van der Waals surface area contributed by atoms with Crippen LogP contribution in [0.4, 0.5) is 0 Å². The molecule has 0 aromatic heterocycles. The summed E-state index contributed by atoms with van der Waals surface area (Å²) in [6.45, 7) is 7.23. The molecule has 1 aliphatic carbocycles. The number of benzene rings is 1. The summed E-state index contributed by atoms with van der Waals surface area (Å²) >= 11 is 0. The topological polar surface area (TPSA) is 83.4 Å². The summed E-state index contributed by atoms with van der Waals surface area (Å²) in [5, 5.41) is 23.2. The van der Waals surface area contributed by atoms with Crippen LogP contribution in [0.15, 0.2) is 18.2 Å². The van der Waals surface area contributed by atoms with Crippen molar-refractivity contribution >= 4 is 0 Å². The highest BCUT2D eigenvalue weighted by molar-refractivity contribution is 5.43. The molecule has 1 unspecified atom stereocenters. The molecular weight excluding hydrogens is 408 g/mol. The zero-order valence-electron chi connectivity index (χ0n) is 20.0. The number of β-amino-alcohol motifs (C(OH)–C–C–N with tert-alkyl or cyclic N) is 1. The molecule has 182 valence electrons. The van der Waals surface area contributed by atoms with E-state index in [4.69, 9.17) is 14.2 Å². The maximum absolute atomic E-state index is 10.1. The highest BCUT2D eigenvalue weighted by Gasteiger charge is 2.34. The Morgan fingerprint density at radius 2 is 1.97 bits per heavy atom. The van der Waals surface area contributed by atoms with E-state index >= 15 is 0 Å². The fourth-order valence-corrected chi connectivity index (χ4v) is 4.69. The number of nitrogens with zero attached hydrogens (tertiary/aromatic N) is 1. The van der Waals surface area contributed by atoms with Crippen molar-refractivity contribution in [2.45, 2.75) is 82.8 Å². The van der Waals surface area contributed by atoms with Gasteiger partial charge in [0.05, 0.1) is 25.9 Å². The largest absolute Gasteiger partial charge is 0.493 e. The fraction of sp³-hybridized carbons (Fsp3) is 0.760. The van der Waals surface area contributed by atoms with Gasteiger partial charge in [-0.25, -0.2) is 0 Å². The van der Waals surface area contributed by atoms with Crippen LogP contribution in [0.1, 0.15) is 51.5 Å².